The van der Waals surface area contributed by atoms with E-state index in [1.807, 2.05) is 6.08 Å². The van der Waals surface area contributed by atoms with E-state index in [0.29, 0.717) is 6.42 Å². The Morgan fingerprint density at radius 3 is 2.00 bits per heavy atom. The highest BCUT2D eigenvalue weighted by atomic mass is 16.5. The highest BCUT2D eigenvalue weighted by Gasteiger charge is 1.98. The van der Waals surface area contributed by atoms with Gasteiger partial charge in [0.25, 0.3) is 0 Å². The fourth-order valence-electron chi connectivity index (χ4n) is 2.02. The van der Waals surface area contributed by atoms with Crippen LogP contribution in [-0.4, -0.2) is 24.8 Å². The van der Waals surface area contributed by atoms with Gasteiger partial charge >= 0.3 is 5.97 Å². The smallest absolute Gasteiger partial charge is 0.305 e. The lowest BCUT2D eigenvalue weighted by atomic mass is 10.1. The largest absolute Gasteiger partial charge is 0.469 e. The Kier molecular flexibility index (Phi) is 16.6. The number of esters is 1. The average molecular weight is 308 g/mol. The molecule has 0 aliphatic heterocycles. The molecule has 0 amide bonds. The number of aliphatic hydroxyl groups excluding tert-OH is 1. The van der Waals surface area contributed by atoms with Crippen molar-refractivity contribution in [2.45, 2.75) is 64.2 Å². The Balaban J connectivity index is 3.27. The molecule has 3 nitrogen and oxygen atoms in total. The van der Waals surface area contributed by atoms with Crippen molar-refractivity contribution in [3.63, 3.8) is 0 Å². The van der Waals surface area contributed by atoms with E-state index in [2.05, 4.69) is 35.1 Å². The molecule has 0 radical (unpaired) electrons. The minimum atomic E-state index is -0.0973. The molecule has 1 N–H and O–H groups in total. The number of allylic oxidation sites excluding steroid dienone is 5. The number of carbonyl (C=O) groups excluding carboxylic acids is 1. The van der Waals surface area contributed by atoms with Gasteiger partial charge in [0, 0.05) is 13.0 Å². The zero-order valence-corrected chi connectivity index (χ0v) is 14.0. The Hall–Kier alpha value is -1.35. The van der Waals surface area contributed by atoms with Gasteiger partial charge < -0.3 is 9.84 Å². The van der Waals surface area contributed by atoms with Crippen molar-refractivity contribution in [3.8, 4) is 0 Å². The first-order valence-electron chi connectivity index (χ1n) is 8.44. The second-order valence-corrected chi connectivity index (χ2v) is 5.28. The van der Waals surface area contributed by atoms with Crippen LogP contribution in [0, 0.1) is 0 Å². The number of carbonyl (C=O) groups is 1. The van der Waals surface area contributed by atoms with Crippen molar-refractivity contribution < 1.29 is 14.6 Å². The summed E-state index contributed by atoms with van der Waals surface area (Å²) in [6.45, 7) is 0.230. The van der Waals surface area contributed by atoms with Gasteiger partial charge in [-0.15, -0.1) is 0 Å². The third-order valence-corrected chi connectivity index (χ3v) is 3.32. The summed E-state index contributed by atoms with van der Waals surface area (Å²) < 4.78 is 4.61. The standard InChI is InChI=1S/C19H32O3/c1-22-19(21)17-15-13-11-9-7-5-3-2-4-6-8-10-12-14-16-18-20/h2-3,6,8,12,14,20H,4-5,7,9-11,13,15-18H2,1H3. The van der Waals surface area contributed by atoms with Crippen molar-refractivity contribution in [3.05, 3.63) is 36.5 Å². The molecule has 0 heterocycles. The molecular formula is C19H32O3. The van der Waals surface area contributed by atoms with Crippen molar-refractivity contribution in [2.24, 2.45) is 0 Å². The maximum Gasteiger partial charge on any atom is 0.305 e. The molecule has 0 aliphatic rings. The number of ether oxygens (including phenoxy) is 1. The molecule has 0 unspecified atom stereocenters. The van der Waals surface area contributed by atoms with Crippen LogP contribution >= 0.6 is 0 Å². The van der Waals surface area contributed by atoms with Gasteiger partial charge in [-0.3, -0.25) is 4.79 Å². The minimum absolute atomic E-state index is 0.0973. The fourth-order valence-corrected chi connectivity index (χ4v) is 2.02. The lowest BCUT2D eigenvalue weighted by Gasteiger charge is -1.99. The number of rotatable bonds is 14. The normalized spacial score (nSPS) is 11.9. The summed E-state index contributed by atoms with van der Waals surface area (Å²) in [5.74, 6) is -0.0973. The first-order chi connectivity index (χ1) is 10.8. The van der Waals surface area contributed by atoms with Crippen LogP contribution in [0.2, 0.25) is 0 Å². The minimum Gasteiger partial charge on any atom is -0.469 e. The molecule has 0 bridgehead atoms. The van der Waals surface area contributed by atoms with Crippen LogP contribution in [0.15, 0.2) is 36.5 Å². The van der Waals surface area contributed by atoms with Crippen LogP contribution in [0.4, 0.5) is 0 Å². The van der Waals surface area contributed by atoms with Gasteiger partial charge in [0.05, 0.1) is 7.11 Å². The molecule has 0 saturated heterocycles. The van der Waals surface area contributed by atoms with E-state index in [-0.39, 0.29) is 12.6 Å². The number of hydrogen-bond donors (Lipinski definition) is 1. The van der Waals surface area contributed by atoms with Gasteiger partial charge in [-0.05, 0) is 38.5 Å². The van der Waals surface area contributed by atoms with Crippen molar-refractivity contribution in [1.82, 2.24) is 0 Å². The van der Waals surface area contributed by atoms with E-state index in [0.717, 1.165) is 38.5 Å². The second kappa shape index (κ2) is 17.7. The van der Waals surface area contributed by atoms with Gasteiger partial charge in [0.15, 0.2) is 0 Å². The monoisotopic (exact) mass is 308 g/mol. The molecule has 0 aromatic carbocycles. The van der Waals surface area contributed by atoms with Crippen LogP contribution in [0.5, 0.6) is 0 Å². The maximum absolute atomic E-state index is 10.9. The molecule has 0 rings (SSSR count). The molecular weight excluding hydrogens is 276 g/mol. The average Bonchev–Trinajstić information content (AvgIpc) is 2.54. The Bertz CT molecular complexity index is 330. The lowest BCUT2D eigenvalue weighted by Crippen LogP contribution is -1.98. The zero-order chi connectivity index (χ0) is 16.3. The molecule has 3 heteroatoms. The third-order valence-electron chi connectivity index (χ3n) is 3.32. The molecule has 126 valence electrons. The molecule has 22 heavy (non-hydrogen) atoms. The van der Waals surface area contributed by atoms with E-state index >= 15 is 0 Å². The summed E-state index contributed by atoms with van der Waals surface area (Å²) in [4.78, 5) is 10.9. The molecule has 0 aromatic rings. The van der Waals surface area contributed by atoms with Crippen LogP contribution in [0.3, 0.4) is 0 Å². The number of methoxy groups -OCH3 is 1. The summed E-state index contributed by atoms with van der Waals surface area (Å²) in [7, 11) is 1.44. The maximum atomic E-state index is 10.9. The number of unbranched alkanes of at least 4 members (excludes halogenated alkanes) is 5. The Morgan fingerprint density at radius 2 is 1.36 bits per heavy atom. The predicted octanol–water partition coefficient (Wildman–Crippen LogP) is 4.72. The zero-order valence-electron chi connectivity index (χ0n) is 14.0. The summed E-state index contributed by atoms with van der Waals surface area (Å²) in [5, 5.41) is 8.61. The molecule has 0 saturated carbocycles. The summed E-state index contributed by atoms with van der Waals surface area (Å²) in [6.07, 6.45) is 23.0. The summed E-state index contributed by atoms with van der Waals surface area (Å²) in [5.41, 5.74) is 0. The first-order valence-corrected chi connectivity index (χ1v) is 8.44. The highest BCUT2D eigenvalue weighted by Crippen LogP contribution is 2.08. The van der Waals surface area contributed by atoms with E-state index in [9.17, 15) is 4.79 Å². The molecule has 0 spiro atoms. The highest BCUT2D eigenvalue weighted by molar-refractivity contribution is 5.68. The van der Waals surface area contributed by atoms with Gasteiger partial charge in [-0.1, -0.05) is 55.7 Å². The number of hydrogen-bond acceptors (Lipinski definition) is 3. The predicted molar refractivity (Wildman–Crippen MR) is 92.7 cm³/mol. The quantitative estimate of drug-likeness (QED) is 0.287. The molecule has 0 atom stereocenters. The van der Waals surface area contributed by atoms with Crippen molar-refractivity contribution >= 4 is 5.97 Å². The van der Waals surface area contributed by atoms with Crippen LogP contribution in [-0.2, 0) is 9.53 Å². The van der Waals surface area contributed by atoms with E-state index < -0.39 is 0 Å². The molecule has 0 aliphatic carbocycles. The topological polar surface area (TPSA) is 46.5 Å². The van der Waals surface area contributed by atoms with Gasteiger partial charge in [-0.25, -0.2) is 0 Å². The van der Waals surface area contributed by atoms with Crippen LogP contribution in [0.1, 0.15) is 64.2 Å². The lowest BCUT2D eigenvalue weighted by molar-refractivity contribution is -0.140. The van der Waals surface area contributed by atoms with Crippen molar-refractivity contribution in [1.29, 1.82) is 0 Å². The fraction of sp³-hybridized carbons (Fsp3) is 0.632. The molecule has 0 fully saturated rings. The summed E-state index contributed by atoms with van der Waals surface area (Å²) in [6, 6.07) is 0. The second-order valence-electron chi connectivity index (χ2n) is 5.28. The van der Waals surface area contributed by atoms with E-state index in [1.54, 1.807) is 0 Å². The third kappa shape index (κ3) is 16.7. The first kappa shape index (κ1) is 20.6. The Labute approximate surface area is 135 Å². The van der Waals surface area contributed by atoms with E-state index in [4.69, 9.17) is 5.11 Å². The summed E-state index contributed by atoms with van der Waals surface area (Å²) >= 11 is 0. The van der Waals surface area contributed by atoms with Crippen LogP contribution in [0.25, 0.3) is 0 Å². The SMILES string of the molecule is COC(=O)CCCCCCCC=CCC=CCC=CCCO. The van der Waals surface area contributed by atoms with Crippen molar-refractivity contribution in [2.75, 3.05) is 13.7 Å². The molecule has 0 aromatic heterocycles. The van der Waals surface area contributed by atoms with Gasteiger partial charge in [-0.2, -0.15) is 0 Å². The van der Waals surface area contributed by atoms with Gasteiger partial charge in [0.1, 0.15) is 0 Å². The van der Waals surface area contributed by atoms with Crippen LogP contribution < -0.4 is 0 Å². The Morgan fingerprint density at radius 1 is 0.818 bits per heavy atom. The van der Waals surface area contributed by atoms with E-state index in [1.165, 1.54) is 26.4 Å². The van der Waals surface area contributed by atoms with Gasteiger partial charge in [0.2, 0.25) is 0 Å². The number of aliphatic hydroxyl groups is 1.